The van der Waals surface area contributed by atoms with Crippen molar-refractivity contribution in [1.29, 1.82) is 0 Å². The van der Waals surface area contributed by atoms with Crippen LogP contribution in [0, 0.1) is 5.92 Å². The van der Waals surface area contributed by atoms with Crippen molar-refractivity contribution < 1.29 is 5.11 Å². The molecule has 1 aromatic heterocycles. The molecule has 2 rings (SSSR count). The number of nitrogens with zero attached hydrogens (tertiary/aromatic N) is 1. The SMILES string of the molecule is CCCC(CCO)CNc1ccc(N)c2ncccc12. The van der Waals surface area contributed by atoms with E-state index in [1.165, 1.54) is 0 Å². The Kier molecular flexibility index (Phi) is 5.18. The largest absolute Gasteiger partial charge is 0.397 e. The van der Waals surface area contributed by atoms with Gasteiger partial charge >= 0.3 is 0 Å². The molecule has 4 heteroatoms. The van der Waals surface area contributed by atoms with Crippen LogP contribution in [-0.4, -0.2) is 23.2 Å². The molecule has 0 bridgehead atoms. The van der Waals surface area contributed by atoms with E-state index in [-0.39, 0.29) is 6.61 Å². The fraction of sp³-hybridized carbons (Fsp3) is 0.438. The van der Waals surface area contributed by atoms with E-state index in [2.05, 4.69) is 17.2 Å². The first-order valence-corrected chi connectivity index (χ1v) is 7.24. The molecule has 4 N–H and O–H groups in total. The maximum atomic E-state index is 9.11. The van der Waals surface area contributed by atoms with Crippen molar-refractivity contribution >= 4 is 22.3 Å². The van der Waals surface area contributed by atoms with Gasteiger partial charge in [-0.3, -0.25) is 4.98 Å². The van der Waals surface area contributed by atoms with Crippen LogP contribution in [0.25, 0.3) is 10.9 Å². The van der Waals surface area contributed by atoms with Gasteiger partial charge in [-0.25, -0.2) is 0 Å². The molecule has 4 nitrogen and oxygen atoms in total. The summed E-state index contributed by atoms with van der Waals surface area (Å²) < 4.78 is 0. The molecule has 2 aromatic rings. The van der Waals surface area contributed by atoms with Crippen LogP contribution in [0.2, 0.25) is 0 Å². The lowest BCUT2D eigenvalue weighted by Crippen LogP contribution is -2.16. The summed E-state index contributed by atoms with van der Waals surface area (Å²) in [4.78, 5) is 4.34. The second kappa shape index (κ2) is 7.10. The lowest BCUT2D eigenvalue weighted by atomic mass is 10.00. The topological polar surface area (TPSA) is 71.2 Å². The zero-order chi connectivity index (χ0) is 14.4. The Hall–Kier alpha value is -1.81. The number of nitrogens with one attached hydrogen (secondary N) is 1. The Balaban J connectivity index is 2.15. The van der Waals surface area contributed by atoms with Crippen LogP contribution in [0.4, 0.5) is 11.4 Å². The second-order valence-corrected chi connectivity index (χ2v) is 5.15. The van der Waals surface area contributed by atoms with E-state index in [1.54, 1.807) is 6.20 Å². The predicted octanol–water partition coefficient (Wildman–Crippen LogP) is 3.03. The predicted molar refractivity (Wildman–Crippen MR) is 84.7 cm³/mol. The van der Waals surface area contributed by atoms with Crippen molar-refractivity contribution in [2.24, 2.45) is 5.92 Å². The fourth-order valence-corrected chi connectivity index (χ4v) is 2.54. The highest BCUT2D eigenvalue weighted by Crippen LogP contribution is 2.27. The Morgan fingerprint density at radius 1 is 1.30 bits per heavy atom. The van der Waals surface area contributed by atoms with Gasteiger partial charge in [0.2, 0.25) is 0 Å². The van der Waals surface area contributed by atoms with Gasteiger partial charge in [-0.2, -0.15) is 0 Å². The second-order valence-electron chi connectivity index (χ2n) is 5.15. The normalized spacial score (nSPS) is 12.5. The molecule has 1 atom stereocenters. The molecule has 1 unspecified atom stereocenters. The van der Waals surface area contributed by atoms with E-state index in [1.807, 2.05) is 24.3 Å². The number of anilines is 2. The van der Waals surface area contributed by atoms with Gasteiger partial charge in [-0.05, 0) is 43.0 Å². The molecule has 1 aromatic carbocycles. The molecule has 0 amide bonds. The van der Waals surface area contributed by atoms with E-state index in [0.29, 0.717) is 11.6 Å². The number of pyridine rings is 1. The number of aliphatic hydroxyl groups is 1. The van der Waals surface area contributed by atoms with Crippen molar-refractivity contribution in [3.63, 3.8) is 0 Å². The molecule has 108 valence electrons. The molecular weight excluding hydrogens is 250 g/mol. The molecule has 0 aliphatic carbocycles. The van der Waals surface area contributed by atoms with E-state index >= 15 is 0 Å². The first kappa shape index (κ1) is 14.6. The molecule has 0 fully saturated rings. The minimum Gasteiger partial charge on any atom is -0.397 e. The summed E-state index contributed by atoms with van der Waals surface area (Å²) in [6.07, 6.45) is 4.86. The molecule has 0 spiro atoms. The van der Waals surface area contributed by atoms with Gasteiger partial charge in [0.25, 0.3) is 0 Å². The summed E-state index contributed by atoms with van der Waals surface area (Å²) in [5.74, 6) is 0.495. The highest BCUT2D eigenvalue weighted by Gasteiger charge is 2.09. The molecular formula is C16H23N3O. The third-order valence-electron chi connectivity index (χ3n) is 3.62. The van der Waals surface area contributed by atoms with Gasteiger partial charge < -0.3 is 16.2 Å². The minimum absolute atomic E-state index is 0.246. The van der Waals surface area contributed by atoms with Gasteiger partial charge in [0.15, 0.2) is 0 Å². The van der Waals surface area contributed by atoms with Crippen molar-refractivity contribution in [2.75, 3.05) is 24.2 Å². The molecule has 0 saturated heterocycles. The lowest BCUT2D eigenvalue weighted by molar-refractivity contribution is 0.255. The molecule has 0 aliphatic heterocycles. The minimum atomic E-state index is 0.246. The third-order valence-corrected chi connectivity index (χ3v) is 3.62. The molecule has 0 saturated carbocycles. The monoisotopic (exact) mass is 273 g/mol. The fourth-order valence-electron chi connectivity index (χ4n) is 2.54. The average molecular weight is 273 g/mol. The van der Waals surface area contributed by atoms with E-state index < -0.39 is 0 Å². The summed E-state index contributed by atoms with van der Waals surface area (Å²) >= 11 is 0. The number of nitrogens with two attached hydrogens (primary N) is 1. The first-order chi connectivity index (χ1) is 9.76. The van der Waals surface area contributed by atoms with Gasteiger partial charge in [-0.15, -0.1) is 0 Å². The van der Waals surface area contributed by atoms with Crippen LogP contribution in [0.3, 0.4) is 0 Å². The number of aromatic nitrogens is 1. The standard InChI is InChI=1S/C16H23N3O/c1-2-4-12(8-10-20)11-19-15-7-6-14(17)16-13(15)5-3-9-18-16/h3,5-7,9,12,19-20H,2,4,8,10-11,17H2,1H3. The highest BCUT2D eigenvalue weighted by molar-refractivity contribution is 5.98. The van der Waals surface area contributed by atoms with Crippen LogP contribution >= 0.6 is 0 Å². The van der Waals surface area contributed by atoms with E-state index in [4.69, 9.17) is 10.8 Å². The Labute approximate surface area is 120 Å². The summed E-state index contributed by atoms with van der Waals surface area (Å²) in [6, 6.07) is 7.84. The van der Waals surface area contributed by atoms with Gasteiger partial charge in [0.1, 0.15) is 0 Å². The smallest absolute Gasteiger partial charge is 0.0951 e. The number of benzene rings is 1. The maximum Gasteiger partial charge on any atom is 0.0951 e. The molecule has 1 heterocycles. The number of rotatable bonds is 7. The number of hydrogen-bond acceptors (Lipinski definition) is 4. The van der Waals surface area contributed by atoms with Crippen LogP contribution in [0.15, 0.2) is 30.5 Å². The number of fused-ring (bicyclic) bond motifs is 1. The summed E-state index contributed by atoms with van der Waals surface area (Å²) in [5, 5.41) is 13.6. The van der Waals surface area contributed by atoms with Crippen molar-refractivity contribution in [3.05, 3.63) is 30.5 Å². The number of nitrogen functional groups attached to an aromatic ring is 1. The number of hydrogen-bond donors (Lipinski definition) is 3. The van der Waals surface area contributed by atoms with Crippen molar-refractivity contribution in [3.8, 4) is 0 Å². The van der Waals surface area contributed by atoms with Crippen molar-refractivity contribution in [2.45, 2.75) is 26.2 Å². The molecule has 0 aliphatic rings. The summed E-state index contributed by atoms with van der Waals surface area (Å²) in [7, 11) is 0. The zero-order valence-corrected chi connectivity index (χ0v) is 12.0. The van der Waals surface area contributed by atoms with E-state index in [0.717, 1.165) is 42.4 Å². The Morgan fingerprint density at radius 3 is 2.90 bits per heavy atom. The number of aliphatic hydroxyl groups excluding tert-OH is 1. The third kappa shape index (κ3) is 3.39. The van der Waals surface area contributed by atoms with Gasteiger partial charge in [0, 0.05) is 30.4 Å². The van der Waals surface area contributed by atoms with Crippen LogP contribution in [0.5, 0.6) is 0 Å². The van der Waals surface area contributed by atoms with Crippen LogP contribution in [0.1, 0.15) is 26.2 Å². The first-order valence-electron chi connectivity index (χ1n) is 7.24. The highest BCUT2D eigenvalue weighted by atomic mass is 16.3. The maximum absolute atomic E-state index is 9.11. The quantitative estimate of drug-likeness (QED) is 0.678. The van der Waals surface area contributed by atoms with Gasteiger partial charge in [-0.1, -0.05) is 13.3 Å². The zero-order valence-electron chi connectivity index (χ0n) is 12.0. The summed E-state index contributed by atoms with van der Waals surface area (Å²) in [5.41, 5.74) is 8.55. The summed E-state index contributed by atoms with van der Waals surface area (Å²) in [6.45, 7) is 3.28. The van der Waals surface area contributed by atoms with Gasteiger partial charge in [0.05, 0.1) is 11.2 Å². The van der Waals surface area contributed by atoms with Crippen molar-refractivity contribution in [1.82, 2.24) is 4.98 Å². The molecule has 20 heavy (non-hydrogen) atoms. The molecule has 0 radical (unpaired) electrons. The van der Waals surface area contributed by atoms with Crippen LogP contribution in [-0.2, 0) is 0 Å². The Morgan fingerprint density at radius 2 is 2.15 bits per heavy atom. The van der Waals surface area contributed by atoms with E-state index in [9.17, 15) is 0 Å². The van der Waals surface area contributed by atoms with Crippen LogP contribution < -0.4 is 11.1 Å². The average Bonchev–Trinajstić information content (AvgIpc) is 2.47. The lowest BCUT2D eigenvalue weighted by Gasteiger charge is -2.17. The Bertz CT molecular complexity index is 550.